The average molecular weight is 465 g/mol. The quantitative estimate of drug-likeness (QED) is 0.438. The first-order valence-electron chi connectivity index (χ1n) is 11.3. The van der Waals surface area contributed by atoms with Crippen molar-refractivity contribution < 1.29 is 13.5 Å². The summed E-state index contributed by atoms with van der Waals surface area (Å²) in [5, 5.41) is 0. The smallest absolute Gasteiger partial charge is 0.318 e. The summed E-state index contributed by atoms with van der Waals surface area (Å²) in [5.74, 6) is 0.0401. The van der Waals surface area contributed by atoms with E-state index >= 15 is 4.39 Å². The highest BCUT2D eigenvalue weighted by Crippen LogP contribution is 2.31. The maximum atomic E-state index is 15.3. The van der Waals surface area contributed by atoms with E-state index in [4.69, 9.17) is 4.74 Å². The Morgan fingerprint density at radius 2 is 1.85 bits per heavy atom. The van der Waals surface area contributed by atoms with Crippen LogP contribution < -0.4 is 4.74 Å². The van der Waals surface area contributed by atoms with E-state index < -0.39 is 5.82 Å². The molecule has 0 spiro atoms. The van der Waals surface area contributed by atoms with Crippen molar-refractivity contribution in [2.24, 2.45) is 0 Å². The zero-order valence-corrected chi connectivity index (χ0v) is 19.4. The molecule has 34 heavy (non-hydrogen) atoms. The molecule has 1 aliphatic rings. The average Bonchev–Trinajstić information content (AvgIpc) is 3.19. The number of fused-ring (bicyclic) bond motifs is 1. The Morgan fingerprint density at radius 1 is 1.06 bits per heavy atom. The van der Waals surface area contributed by atoms with Gasteiger partial charge in [-0.3, -0.25) is 4.98 Å². The van der Waals surface area contributed by atoms with E-state index in [1.165, 1.54) is 19.4 Å². The van der Waals surface area contributed by atoms with Crippen LogP contribution >= 0.6 is 0 Å². The van der Waals surface area contributed by atoms with Gasteiger partial charge in [-0.15, -0.1) is 0 Å². The number of likely N-dealkylation sites (tertiary alicyclic amines) is 1. The summed E-state index contributed by atoms with van der Waals surface area (Å²) in [6.45, 7) is 4.00. The Bertz CT molecular complexity index is 1350. The number of ether oxygens (including phenoxy) is 1. The molecule has 0 N–H and O–H groups in total. The first-order chi connectivity index (χ1) is 16.4. The van der Waals surface area contributed by atoms with Gasteiger partial charge in [0.1, 0.15) is 23.0 Å². The predicted molar refractivity (Wildman–Crippen MR) is 125 cm³/mol. The number of benzene rings is 1. The molecular formula is C25H26F2N6O. The monoisotopic (exact) mass is 464 g/mol. The van der Waals surface area contributed by atoms with Gasteiger partial charge in [0.15, 0.2) is 5.65 Å². The van der Waals surface area contributed by atoms with Crippen LogP contribution in [0, 0.1) is 18.6 Å². The molecular weight excluding hydrogens is 438 g/mol. The van der Waals surface area contributed by atoms with E-state index in [0.29, 0.717) is 39.7 Å². The maximum absolute atomic E-state index is 15.3. The van der Waals surface area contributed by atoms with Crippen molar-refractivity contribution in [2.75, 3.05) is 27.2 Å². The lowest BCUT2D eigenvalue weighted by molar-refractivity contribution is 0.255. The van der Waals surface area contributed by atoms with Gasteiger partial charge in [0.05, 0.1) is 25.5 Å². The van der Waals surface area contributed by atoms with Crippen LogP contribution in [-0.2, 0) is 6.54 Å². The van der Waals surface area contributed by atoms with E-state index in [9.17, 15) is 4.39 Å². The van der Waals surface area contributed by atoms with Crippen molar-refractivity contribution in [1.29, 1.82) is 0 Å². The van der Waals surface area contributed by atoms with Crippen molar-refractivity contribution in [2.45, 2.75) is 32.2 Å². The molecule has 4 aromatic rings. The number of rotatable bonds is 5. The second-order valence-corrected chi connectivity index (χ2v) is 8.81. The molecule has 1 saturated heterocycles. The number of hydrogen-bond acceptors (Lipinski definition) is 6. The van der Waals surface area contributed by atoms with E-state index in [1.807, 2.05) is 12.1 Å². The summed E-state index contributed by atoms with van der Waals surface area (Å²) in [7, 11) is 3.60. The number of pyridine rings is 1. The third kappa shape index (κ3) is 4.23. The minimum Gasteiger partial charge on any atom is -0.467 e. The molecule has 1 aromatic carbocycles. The number of aryl methyl sites for hydroxylation is 1. The van der Waals surface area contributed by atoms with Crippen molar-refractivity contribution in [3.05, 3.63) is 65.1 Å². The third-order valence-electron chi connectivity index (χ3n) is 6.49. The van der Waals surface area contributed by atoms with Gasteiger partial charge in [-0.25, -0.2) is 13.8 Å². The number of nitrogens with zero attached hydrogens (tertiary/aromatic N) is 6. The molecule has 176 valence electrons. The Balaban J connectivity index is 1.57. The van der Waals surface area contributed by atoms with Crippen molar-refractivity contribution in [1.82, 2.24) is 29.4 Å². The van der Waals surface area contributed by atoms with Crippen LogP contribution in [0.5, 0.6) is 6.01 Å². The minimum absolute atomic E-state index is 0.168. The summed E-state index contributed by atoms with van der Waals surface area (Å²) in [6.07, 6.45) is 4.70. The van der Waals surface area contributed by atoms with Gasteiger partial charge < -0.3 is 14.2 Å². The predicted octanol–water partition coefficient (Wildman–Crippen LogP) is 4.34. The van der Waals surface area contributed by atoms with Crippen molar-refractivity contribution in [3.63, 3.8) is 0 Å². The molecule has 1 aliphatic heterocycles. The fraction of sp³-hybridized carbons (Fsp3) is 0.360. The molecule has 0 atom stereocenters. The normalized spacial score (nSPS) is 15.2. The van der Waals surface area contributed by atoms with Crippen LogP contribution in [0.4, 0.5) is 8.78 Å². The van der Waals surface area contributed by atoms with Crippen LogP contribution in [-0.4, -0.2) is 56.6 Å². The number of hydrogen-bond donors (Lipinski definition) is 0. The lowest BCUT2D eigenvalue weighted by atomic mass is 9.89. The van der Waals surface area contributed by atoms with Crippen LogP contribution in [0.25, 0.3) is 22.6 Å². The number of piperidine rings is 1. The highest BCUT2D eigenvalue weighted by atomic mass is 19.1. The van der Waals surface area contributed by atoms with Gasteiger partial charge >= 0.3 is 6.01 Å². The Kier molecular flexibility index (Phi) is 5.95. The van der Waals surface area contributed by atoms with Crippen LogP contribution in [0.3, 0.4) is 0 Å². The highest BCUT2D eigenvalue weighted by molar-refractivity contribution is 5.79. The lowest BCUT2D eigenvalue weighted by Crippen LogP contribution is -2.29. The van der Waals surface area contributed by atoms with E-state index in [0.717, 1.165) is 37.7 Å². The van der Waals surface area contributed by atoms with E-state index in [1.54, 1.807) is 17.6 Å². The molecule has 5 rings (SSSR count). The molecule has 0 radical (unpaired) electrons. The molecule has 0 unspecified atom stereocenters. The molecule has 0 bridgehead atoms. The summed E-state index contributed by atoms with van der Waals surface area (Å²) in [5.41, 5.74) is 3.64. The molecule has 9 heteroatoms. The summed E-state index contributed by atoms with van der Waals surface area (Å²) in [6, 6.07) is 7.03. The molecule has 7 nitrogen and oxygen atoms in total. The second-order valence-electron chi connectivity index (χ2n) is 8.81. The van der Waals surface area contributed by atoms with Crippen LogP contribution in [0.2, 0.25) is 0 Å². The summed E-state index contributed by atoms with van der Waals surface area (Å²) in [4.78, 5) is 19.7. The largest absolute Gasteiger partial charge is 0.467 e. The first kappa shape index (κ1) is 22.3. The number of methoxy groups -OCH3 is 1. The minimum atomic E-state index is -0.481. The number of imidazole rings is 1. The molecule has 1 fully saturated rings. The Hall–Kier alpha value is -3.46. The molecule has 0 saturated carbocycles. The van der Waals surface area contributed by atoms with Crippen LogP contribution in [0.1, 0.15) is 35.6 Å². The maximum Gasteiger partial charge on any atom is 0.318 e. The third-order valence-corrected chi connectivity index (χ3v) is 6.49. The van der Waals surface area contributed by atoms with Gasteiger partial charge in [0.2, 0.25) is 0 Å². The van der Waals surface area contributed by atoms with Gasteiger partial charge in [0, 0.05) is 17.3 Å². The van der Waals surface area contributed by atoms with E-state index in [-0.39, 0.29) is 18.4 Å². The SMILES string of the molecule is COc1nc(C)c2nc(-c3cncc(F)c3)n(Cc3ccc(C4CCN(C)CC4)cc3F)c2n1. The molecule has 4 heterocycles. The van der Waals surface area contributed by atoms with Gasteiger partial charge in [0.25, 0.3) is 0 Å². The zero-order valence-electron chi connectivity index (χ0n) is 19.4. The first-order valence-corrected chi connectivity index (χ1v) is 11.3. The number of halogens is 2. The fourth-order valence-corrected chi connectivity index (χ4v) is 4.57. The standard InChI is InChI=1S/C25H26F2N6O/c1-15-22-24(31-25(29-15)34-3)33(23(30-22)19-10-20(26)13-28-12-19)14-18-5-4-17(11-21(18)27)16-6-8-32(2)9-7-16/h4-5,10-13,16H,6-9,14H2,1-3H3. The van der Waals surface area contributed by atoms with Gasteiger partial charge in [-0.05, 0) is 63.5 Å². The molecule has 0 aliphatic carbocycles. The second kappa shape index (κ2) is 9.06. The number of aromatic nitrogens is 5. The van der Waals surface area contributed by atoms with Gasteiger partial charge in [-0.1, -0.05) is 12.1 Å². The Morgan fingerprint density at radius 3 is 2.56 bits per heavy atom. The van der Waals surface area contributed by atoms with Gasteiger partial charge in [-0.2, -0.15) is 9.97 Å². The van der Waals surface area contributed by atoms with E-state index in [2.05, 4.69) is 31.9 Å². The fourth-order valence-electron chi connectivity index (χ4n) is 4.57. The molecule has 3 aromatic heterocycles. The topological polar surface area (TPSA) is 69.0 Å². The highest BCUT2D eigenvalue weighted by Gasteiger charge is 2.22. The van der Waals surface area contributed by atoms with Crippen molar-refractivity contribution in [3.8, 4) is 17.4 Å². The van der Waals surface area contributed by atoms with Crippen LogP contribution in [0.15, 0.2) is 36.7 Å². The van der Waals surface area contributed by atoms with Crippen molar-refractivity contribution >= 4 is 11.2 Å². The Labute approximate surface area is 196 Å². The zero-order chi connectivity index (χ0) is 23.8. The summed E-state index contributed by atoms with van der Waals surface area (Å²) < 4.78 is 36.3. The molecule has 0 amide bonds. The lowest BCUT2D eigenvalue weighted by Gasteiger charge is -2.29. The summed E-state index contributed by atoms with van der Waals surface area (Å²) >= 11 is 0.